The van der Waals surface area contributed by atoms with E-state index in [1.165, 1.54) is 31.4 Å². The molecule has 5 heteroatoms. The van der Waals surface area contributed by atoms with Crippen LogP contribution in [0.3, 0.4) is 0 Å². The summed E-state index contributed by atoms with van der Waals surface area (Å²) < 4.78 is 5.61. The van der Waals surface area contributed by atoms with Crippen molar-refractivity contribution in [2.75, 3.05) is 29.9 Å². The van der Waals surface area contributed by atoms with Crippen LogP contribution in [0.2, 0.25) is 0 Å². The number of carbonyl (C=O) groups excluding carboxylic acids is 1. The van der Waals surface area contributed by atoms with Gasteiger partial charge in [-0.2, -0.15) is 0 Å². The lowest BCUT2D eigenvalue weighted by atomic mass is 10.0. The zero-order chi connectivity index (χ0) is 20.6. The molecule has 1 saturated heterocycles. The molecule has 0 radical (unpaired) electrons. The zero-order valence-electron chi connectivity index (χ0n) is 17.3. The monoisotopic (exact) mass is 404 g/mol. The Balaban J connectivity index is 1.34. The Hall–Kier alpha value is -3.05. The number of amides is 1. The molecular weight excluding hydrogens is 374 g/mol. The highest BCUT2D eigenvalue weighted by Crippen LogP contribution is 2.22. The van der Waals surface area contributed by atoms with Gasteiger partial charge in [-0.3, -0.25) is 4.79 Å². The first kappa shape index (κ1) is 20.2. The predicted molar refractivity (Wildman–Crippen MR) is 120 cm³/mol. The lowest BCUT2D eigenvalue weighted by molar-refractivity contribution is -0.678. The minimum absolute atomic E-state index is 0.0231. The molecule has 30 heavy (non-hydrogen) atoms. The van der Waals surface area contributed by atoms with E-state index in [9.17, 15) is 4.79 Å². The number of nitrogens with two attached hydrogens (primary N) is 1. The van der Waals surface area contributed by atoms with Crippen molar-refractivity contribution in [3.63, 3.8) is 0 Å². The first-order valence-corrected chi connectivity index (χ1v) is 10.9. The van der Waals surface area contributed by atoms with Crippen molar-refractivity contribution < 1.29 is 14.5 Å². The summed E-state index contributed by atoms with van der Waals surface area (Å²) in [5, 5.41) is 5.03. The largest absolute Gasteiger partial charge is 0.463 e. The number of anilines is 2. The van der Waals surface area contributed by atoms with Gasteiger partial charge in [0.2, 0.25) is 0 Å². The Morgan fingerprint density at radius 3 is 2.33 bits per heavy atom. The van der Waals surface area contributed by atoms with Gasteiger partial charge in [0.15, 0.2) is 18.3 Å². The smallest absolute Gasteiger partial charge is 0.279 e. The summed E-state index contributed by atoms with van der Waals surface area (Å²) in [5.41, 5.74) is 3.19. The maximum absolute atomic E-state index is 12.6. The maximum atomic E-state index is 12.6. The zero-order valence-corrected chi connectivity index (χ0v) is 17.3. The van der Waals surface area contributed by atoms with E-state index < -0.39 is 0 Å². The molecule has 1 aliphatic rings. The normalized spacial score (nSPS) is 15.4. The fraction of sp³-hybridized carbons (Fsp3) is 0.320. The molecule has 2 heterocycles. The number of nitrogens with one attached hydrogen (secondary N) is 1. The van der Waals surface area contributed by atoms with Gasteiger partial charge in [-0.1, -0.05) is 43.2 Å². The Bertz CT molecular complexity index is 899. The van der Waals surface area contributed by atoms with Gasteiger partial charge in [0.1, 0.15) is 0 Å². The Labute approximate surface area is 178 Å². The first-order chi connectivity index (χ1) is 14.8. The third-order valence-electron chi connectivity index (χ3n) is 5.67. The van der Waals surface area contributed by atoms with Crippen LogP contribution in [0.1, 0.15) is 43.0 Å². The average molecular weight is 405 g/mol. The number of nitrogens with zero attached hydrogens (tertiary/aromatic N) is 1. The summed E-state index contributed by atoms with van der Waals surface area (Å²) >= 11 is 0. The maximum Gasteiger partial charge on any atom is 0.279 e. The molecule has 0 aliphatic carbocycles. The van der Waals surface area contributed by atoms with Crippen LogP contribution in [0.4, 0.5) is 11.4 Å². The van der Waals surface area contributed by atoms with Gasteiger partial charge in [-0.15, -0.1) is 0 Å². The summed E-state index contributed by atoms with van der Waals surface area (Å²) in [6.45, 7) is 2.55. The summed E-state index contributed by atoms with van der Waals surface area (Å²) in [7, 11) is 0. The number of hydrogen-bond acceptors (Lipinski definition) is 3. The number of hydrogen-bond donors (Lipinski definition) is 2. The number of rotatable bonds is 7. The van der Waals surface area contributed by atoms with Gasteiger partial charge in [-0.05, 0) is 49.2 Å². The van der Waals surface area contributed by atoms with Crippen LogP contribution in [0, 0.1) is 0 Å². The second-order valence-electron chi connectivity index (χ2n) is 7.84. The molecule has 4 rings (SSSR count). The van der Waals surface area contributed by atoms with Crippen LogP contribution in [-0.4, -0.2) is 25.5 Å². The van der Waals surface area contributed by atoms with Gasteiger partial charge in [0.25, 0.3) is 5.91 Å². The van der Waals surface area contributed by atoms with Crippen LogP contribution in [0.15, 0.2) is 77.4 Å². The van der Waals surface area contributed by atoms with Crippen LogP contribution >= 0.6 is 0 Å². The van der Waals surface area contributed by atoms with Crippen LogP contribution < -0.4 is 15.5 Å². The number of benzene rings is 2. The average Bonchev–Trinajstić information content (AvgIpc) is 3.17. The quantitative estimate of drug-likeness (QED) is 0.627. The molecule has 1 aromatic heterocycles. The van der Waals surface area contributed by atoms with Crippen molar-refractivity contribution >= 4 is 17.3 Å². The molecule has 2 aromatic carbocycles. The summed E-state index contributed by atoms with van der Waals surface area (Å²) in [6.07, 6.45) is 6.83. The third kappa shape index (κ3) is 5.30. The molecule has 0 bridgehead atoms. The second-order valence-corrected chi connectivity index (χ2v) is 7.84. The molecule has 1 atom stereocenters. The highest BCUT2D eigenvalue weighted by Gasteiger charge is 2.21. The lowest BCUT2D eigenvalue weighted by Crippen LogP contribution is -2.87. The van der Waals surface area contributed by atoms with Crippen LogP contribution in [0.25, 0.3) is 0 Å². The minimum Gasteiger partial charge on any atom is -0.463 e. The molecule has 1 amide bonds. The van der Waals surface area contributed by atoms with E-state index in [0.29, 0.717) is 6.54 Å². The fourth-order valence-electron chi connectivity index (χ4n) is 4.07. The van der Waals surface area contributed by atoms with Gasteiger partial charge in [-0.25, -0.2) is 0 Å². The highest BCUT2D eigenvalue weighted by molar-refractivity contribution is 5.91. The lowest BCUT2D eigenvalue weighted by Gasteiger charge is -2.22. The Kier molecular flexibility index (Phi) is 6.83. The van der Waals surface area contributed by atoms with Crippen LogP contribution in [-0.2, 0) is 4.79 Å². The number of carbonyl (C=O) groups is 1. The molecule has 1 aliphatic heterocycles. The van der Waals surface area contributed by atoms with Gasteiger partial charge in [0, 0.05) is 30.0 Å². The van der Waals surface area contributed by atoms with Crippen molar-refractivity contribution in [2.24, 2.45) is 0 Å². The molecule has 0 saturated carbocycles. The van der Waals surface area contributed by atoms with Crippen molar-refractivity contribution in [3.05, 3.63) is 84.3 Å². The molecule has 3 N–H and O–H groups in total. The summed E-state index contributed by atoms with van der Waals surface area (Å²) in [6, 6.07) is 22.1. The van der Waals surface area contributed by atoms with Gasteiger partial charge < -0.3 is 20.0 Å². The summed E-state index contributed by atoms with van der Waals surface area (Å²) in [5.74, 6) is 0.820. The van der Waals surface area contributed by atoms with E-state index in [0.717, 1.165) is 30.1 Å². The molecule has 3 aromatic rings. The van der Waals surface area contributed by atoms with Gasteiger partial charge in [0.05, 0.1) is 6.26 Å². The van der Waals surface area contributed by atoms with E-state index in [2.05, 4.69) is 34.5 Å². The van der Waals surface area contributed by atoms with Crippen molar-refractivity contribution in [1.29, 1.82) is 0 Å². The first-order valence-electron chi connectivity index (χ1n) is 10.9. The second kappa shape index (κ2) is 10.1. The Morgan fingerprint density at radius 1 is 0.933 bits per heavy atom. The topological polar surface area (TPSA) is 62.1 Å². The molecule has 1 fully saturated rings. The highest BCUT2D eigenvalue weighted by atomic mass is 16.3. The van der Waals surface area contributed by atoms with Crippen LogP contribution in [0.5, 0.6) is 0 Å². The number of furan rings is 1. The van der Waals surface area contributed by atoms with E-state index in [1.54, 1.807) is 6.26 Å². The van der Waals surface area contributed by atoms with Crippen molar-refractivity contribution in [1.82, 2.24) is 0 Å². The van der Waals surface area contributed by atoms with Gasteiger partial charge >= 0.3 is 0 Å². The standard InChI is InChI=1S/C25H29N3O2/c29-24(19-26-25(23-11-8-18-30-23)20-9-4-3-5-10-20)27-21-12-14-22(15-13-21)28-16-6-1-2-7-17-28/h3-5,8-15,18,25-26H,1-2,6-7,16-17,19H2,(H,27,29)/p+1/t25-/m1/s1. The molecule has 5 nitrogen and oxygen atoms in total. The number of quaternary nitrogens is 1. The van der Waals surface area contributed by atoms with E-state index in [4.69, 9.17) is 4.42 Å². The molecular formula is C25H30N3O2+. The van der Waals surface area contributed by atoms with E-state index >= 15 is 0 Å². The van der Waals surface area contributed by atoms with Crippen molar-refractivity contribution in [2.45, 2.75) is 31.7 Å². The minimum atomic E-state index is -0.0441. The third-order valence-corrected chi connectivity index (χ3v) is 5.67. The van der Waals surface area contributed by atoms with E-state index in [1.807, 2.05) is 47.8 Å². The molecule has 0 spiro atoms. The Morgan fingerprint density at radius 2 is 1.67 bits per heavy atom. The predicted octanol–water partition coefficient (Wildman–Crippen LogP) is 3.95. The van der Waals surface area contributed by atoms with Crippen molar-refractivity contribution in [3.8, 4) is 0 Å². The molecule has 0 unspecified atom stereocenters. The summed E-state index contributed by atoms with van der Waals surface area (Å²) in [4.78, 5) is 15.0. The SMILES string of the molecule is O=C(C[NH2+][C@H](c1ccccc1)c1ccco1)Nc1ccc(N2CCCCCC2)cc1. The molecule has 156 valence electrons. The fourth-order valence-corrected chi connectivity index (χ4v) is 4.07. The van der Waals surface area contributed by atoms with E-state index in [-0.39, 0.29) is 11.9 Å².